The molecular weight excluding hydrogens is 284 g/mol. The van der Waals surface area contributed by atoms with Crippen molar-refractivity contribution in [2.75, 3.05) is 13.1 Å². The Morgan fingerprint density at radius 2 is 1.52 bits per heavy atom. The average molecular weight is 304 g/mol. The van der Waals surface area contributed by atoms with Crippen molar-refractivity contribution in [1.29, 1.82) is 0 Å². The van der Waals surface area contributed by atoms with Crippen LogP contribution >= 0.6 is 0 Å². The van der Waals surface area contributed by atoms with Gasteiger partial charge in [0.25, 0.3) is 0 Å². The molecule has 0 bridgehead atoms. The second kappa shape index (κ2) is 7.40. The third-order valence-corrected chi connectivity index (χ3v) is 3.59. The molecule has 0 fully saturated rings. The van der Waals surface area contributed by atoms with Crippen molar-refractivity contribution in [3.8, 4) is 22.5 Å². The number of H-pyrrole nitrogens is 1. The molecule has 1 aliphatic heterocycles. The zero-order chi connectivity index (χ0) is 15.9. The predicted octanol–water partition coefficient (Wildman–Crippen LogP) is 3.75. The Hall–Kier alpha value is -2.88. The van der Waals surface area contributed by atoms with Crippen molar-refractivity contribution < 1.29 is 0 Å². The van der Waals surface area contributed by atoms with Crippen molar-refractivity contribution in [2.45, 2.75) is 6.92 Å². The SMILES string of the molecule is CC1=NCCN1.c1ccc(-c2nc[nH]c2-c2ccccc2)cc1. The molecule has 0 spiro atoms. The molecule has 0 aliphatic carbocycles. The summed E-state index contributed by atoms with van der Waals surface area (Å²) in [7, 11) is 0. The third-order valence-electron chi connectivity index (χ3n) is 3.59. The molecule has 0 saturated carbocycles. The fourth-order valence-electron chi connectivity index (χ4n) is 2.45. The zero-order valence-corrected chi connectivity index (χ0v) is 13.2. The maximum Gasteiger partial charge on any atom is 0.0960 e. The van der Waals surface area contributed by atoms with E-state index in [1.54, 1.807) is 6.33 Å². The highest BCUT2D eigenvalue weighted by Gasteiger charge is 2.08. The molecule has 0 radical (unpaired) electrons. The number of imidazole rings is 1. The van der Waals surface area contributed by atoms with Crippen LogP contribution in [0, 0.1) is 0 Å². The van der Waals surface area contributed by atoms with Crippen LogP contribution in [0.15, 0.2) is 72.0 Å². The summed E-state index contributed by atoms with van der Waals surface area (Å²) >= 11 is 0. The normalized spacial score (nSPS) is 12.8. The van der Waals surface area contributed by atoms with Crippen LogP contribution in [0.5, 0.6) is 0 Å². The largest absolute Gasteiger partial charge is 0.372 e. The highest BCUT2D eigenvalue weighted by atomic mass is 15.0. The van der Waals surface area contributed by atoms with Gasteiger partial charge in [-0.1, -0.05) is 60.7 Å². The Morgan fingerprint density at radius 1 is 0.870 bits per heavy atom. The summed E-state index contributed by atoms with van der Waals surface area (Å²) in [5, 5.41) is 3.07. The maximum absolute atomic E-state index is 4.41. The Bertz CT molecular complexity index is 706. The van der Waals surface area contributed by atoms with Crippen LogP contribution < -0.4 is 5.32 Å². The van der Waals surface area contributed by atoms with Gasteiger partial charge in [-0.25, -0.2) is 4.98 Å². The van der Waals surface area contributed by atoms with Gasteiger partial charge in [-0.2, -0.15) is 0 Å². The van der Waals surface area contributed by atoms with Gasteiger partial charge < -0.3 is 10.3 Å². The van der Waals surface area contributed by atoms with E-state index in [4.69, 9.17) is 0 Å². The van der Waals surface area contributed by atoms with E-state index in [0.717, 1.165) is 41.4 Å². The summed E-state index contributed by atoms with van der Waals surface area (Å²) in [5.74, 6) is 1.08. The Morgan fingerprint density at radius 3 is 2.04 bits per heavy atom. The number of hydrogen-bond donors (Lipinski definition) is 2. The molecule has 2 N–H and O–H groups in total. The van der Waals surface area contributed by atoms with Crippen molar-refractivity contribution in [2.24, 2.45) is 4.99 Å². The molecule has 23 heavy (non-hydrogen) atoms. The van der Waals surface area contributed by atoms with E-state index in [0.29, 0.717) is 0 Å². The summed E-state index contributed by atoms with van der Waals surface area (Å²) in [4.78, 5) is 11.7. The van der Waals surface area contributed by atoms with E-state index in [1.807, 2.05) is 43.3 Å². The molecule has 2 heterocycles. The molecule has 0 unspecified atom stereocenters. The number of aliphatic imine (C=N–C) groups is 1. The lowest BCUT2D eigenvalue weighted by molar-refractivity contribution is 0.958. The Kier molecular flexibility index (Phi) is 4.84. The quantitative estimate of drug-likeness (QED) is 0.757. The highest BCUT2D eigenvalue weighted by Crippen LogP contribution is 2.28. The zero-order valence-electron chi connectivity index (χ0n) is 13.2. The Balaban J connectivity index is 0.000000220. The fourth-order valence-corrected chi connectivity index (χ4v) is 2.45. The summed E-state index contributed by atoms with van der Waals surface area (Å²) in [6.45, 7) is 3.98. The van der Waals surface area contributed by atoms with Gasteiger partial charge in [0.15, 0.2) is 0 Å². The molecule has 3 aromatic rings. The molecule has 0 amide bonds. The van der Waals surface area contributed by atoms with E-state index in [9.17, 15) is 0 Å². The maximum atomic E-state index is 4.41. The molecule has 0 saturated heterocycles. The molecule has 4 nitrogen and oxygen atoms in total. The number of nitrogens with zero attached hydrogens (tertiary/aromatic N) is 2. The lowest BCUT2D eigenvalue weighted by Crippen LogP contribution is -2.13. The van der Waals surface area contributed by atoms with E-state index < -0.39 is 0 Å². The fraction of sp³-hybridized carbons (Fsp3) is 0.158. The topological polar surface area (TPSA) is 53.1 Å². The van der Waals surface area contributed by atoms with E-state index in [1.165, 1.54) is 0 Å². The molecule has 4 heteroatoms. The minimum Gasteiger partial charge on any atom is -0.372 e. The predicted molar refractivity (Wildman–Crippen MR) is 95.4 cm³/mol. The van der Waals surface area contributed by atoms with Gasteiger partial charge in [0.05, 0.1) is 30.1 Å². The minimum atomic E-state index is 0.964. The number of nitrogens with one attached hydrogen (secondary N) is 2. The smallest absolute Gasteiger partial charge is 0.0960 e. The summed E-state index contributed by atoms with van der Waals surface area (Å²) in [6.07, 6.45) is 1.74. The first-order valence-corrected chi connectivity index (χ1v) is 7.74. The van der Waals surface area contributed by atoms with Crippen molar-refractivity contribution in [1.82, 2.24) is 15.3 Å². The number of benzene rings is 2. The first-order chi connectivity index (χ1) is 11.3. The van der Waals surface area contributed by atoms with E-state index >= 15 is 0 Å². The standard InChI is InChI=1S/C15H12N2.C4H8N2/c1-3-7-12(8-4-1)14-15(17-11-16-14)13-9-5-2-6-10-13;1-4-5-2-3-6-4/h1-11H,(H,16,17);2-3H2,1H3,(H,5,6). The molecule has 1 aliphatic rings. The monoisotopic (exact) mass is 304 g/mol. The number of aromatic nitrogens is 2. The molecule has 0 atom stereocenters. The van der Waals surface area contributed by atoms with Crippen LogP contribution in [0.2, 0.25) is 0 Å². The van der Waals surface area contributed by atoms with Crippen molar-refractivity contribution in [3.05, 3.63) is 67.0 Å². The molecule has 4 rings (SSSR count). The number of amidine groups is 1. The molecule has 116 valence electrons. The van der Waals surface area contributed by atoms with E-state index in [-0.39, 0.29) is 0 Å². The van der Waals surface area contributed by atoms with Crippen LogP contribution in [0.4, 0.5) is 0 Å². The number of aromatic amines is 1. The van der Waals surface area contributed by atoms with Crippen molar-refractivity contribution >= 4 is 5.84 Å². The van der Waals surface area contributed by atoms with Crippen LogP contribution in [0.1, 0.15) is 6.92 Å². The molecule has 1 aromatic heterocycles. The van der Waals surface area contributed by atoms with Gasteiger partial charge >= 0.3 is 0 Å². The first-order valence-electron chi connectivity index (χ1n) is 7.74. The van der Waals surface area contributed by atoms with Gasteiger partial charge in [0, 0.05) is 17.7 Å². The van der Waals surface area contributed by atoms with Gasteiger partial charge in [0.1, 0.15) is 0 Å². The second-order valence-corrected chi connectivity index (χ2v) is 5.25. The summed E-state index contributed by atoms with van der Waals surface area (Å²) in [6, 6.07) is 20.5. The van der Waals surface area contributed by atoms with Gasteiger partial charge in [-0.15, -0.1) is 0 Å². The number of hydrogen-bond acceptors (Lipinski definition) is 3. The Labute approximate surface area is 136 Å². The average Bonchev–Trinajstić information content (AvgIpc) is 3.28. The molecular formula is C19H20N4. The van der Waals surface area contributed by atoms with Gasteiger partial charge in [-0.3, -0.25) is 4.99 Å². The van der Waals surface area contributed by atoms with Crippen LogP contribution in [0.3, 0.4) is 0 Å². The highest BCUT2D eigenvalue weighted by molar-refractivity contribution is 5.80. The van der Waals surface area contributed by atoms with Crippen LogP contribution in [-0.2, 0) is 0 Å². The van der Waals surface area contributed by atoms with E-state index in [2.05, 4.69) is 44.5 Å². The minimum absolute atomic E-state index is 0.964. The van der Waals surface area contributed by atoms with Gasteiger partial charge in [0.2, 0.25) is 0 Å². The van der Waals surface area contributed by atoms with Crippen LogP contribution in [0.25, 0.3) is 22.5 Å². The lowest BCUT2D eigenvalue weighted by Gasteiger charge is -2.02. The first kappa shape index (κ1) is 15.0. The lowest BCUT2D eigenvalue weighted by atomic mass is 10.1. The third kappa shape index (κ3) is 3.86. The summed E-state index contributed by atoms with van der Waals surface area (Å²) < 4.78 is 0. The number of rotatable bonds is 2. The molecule has 2 aromatic carbocycles. The second-order valence-electron chi connectivity index (χ2n) is 5.25. The summed E-state index contributed by atoms with van der Waals surface area (Å²) in [5.41, 5.74) is 4.35. The van der Waals surface area contributed by atoms with Gasteiger partial charge in [-0.05, 0) is 6.92 Å². The van der Waals surface area contributed by atoms with Crippen molar-refractivity contribution in [3.63, 3.8) is 0 Å². The van der Waals surface area contributed by atoms with Crippen LogP contribution in [-0.4, -0.2) is 28.9 Å².